The Labute approximate surface area is 85.8 Å². The third-order valence-corrected chi connectivity index (χ3v) is 1.98. The van der Waals surface area contributed by atoms with E-state index in [1.807, 2.05) is 12.3 Å². The van der Waals surface area contributed by atoms with Crippen molar-refractivity contribution in [3.8, 4) is 11.1 Å². The van der Waals surface area contributed by atoms with Crippen molar-refractivity contribution < 1.29 is 4.42 Å². The average Bonchev–Trinajstić information content (AvgIpc) is 2.87. The van der Waals surface area contributed by atoms with Crippen molar-refractivity contribution in [1.29, 1.82) is 0 Å². The molecule has 2 aromatic rings. The third-order valence-electron chi connectivity index (χ3n) is 1.98. The van der Waals surface area contributed by atoms with E-state index in [1.54, 1.807) is 23.4 Å². The Morgan fingerprint density at radius 2 is 2.47 bits per heavy atom. The van der Waals surface area contributed by atoms with Crippen molar-refractivity contribution in [1.82, 2.24) is 9.78 Å². The lowest BCUT2D eigenvalue weighted by Crippen LogP contribution is -2.00. The van der Waals surface area contributed by atoms with Crippen molar-refractivity contribution in [3.05, 3.63) is 41.4 Å². The zero-order valence-corrected chi connectivity index (χ0v) is 7.95. The molecular weight excluding hydrogens is 194 g/mol. The Morgan fingerprint density at radius 1 is 1.53 bits per heavy atom. The second-order valence-electron chi connectivity index (χ2n) is 2.96. The molecule has 76 valence electrons. The molecule has 6 nitrogen and oxygen atoms in total. The minimum atomic E-state index is 0.406. The van der Waals surface area contributed by atoms with E-state index in [1.165, 1.54) is 0 Å². The van der Waals surface area contributed by atoms with Gasteiger partial charge in [-0.1, -0.05) is 5.11 Å². The molecule has 0 aliphatic carbocycles. The van der Waals surface area contributed by atoms with Crippen LogP contribution in [-0.4, -0.2) is 16.3 Å². The van der Waals surface area contributed by atoms with Gasteiger partial charge in [-0.3, -0.25) is 4.68 Å². The first-order chi connectivity index (χ1) is 7.40. The van der Waals surface area contributed by atoms with Crippen LogP contribution in [0.4, 0.5) is 0 Å². The molecule has 0 aliphatic rings. The van der Waals surface area contributed by atoms with Crippen LogP contribution in [0.15, 0.2) is 40.5 Å². The average molecular weight is 203 g/mol. The van der Waals surface area contributed by atoms with E-state index in [4.69, 9.17) is 9.95 Å². The highest BCUT2D eigenvalue weighted by atomic mass is 16.3. The van der Waals surface area contributed by atoms with Crippen molar-refractivity contribution in [2.24, 2.45) is 5.11 Å². The number of nitrogens with zero attached hydrogens (tertiary/aromatic N) is 5. The summed E-state index contributed by atoms with van der Waals surface area (Å²) in [6.07, 6.45) is 6.92. The summed E-state index contributed by atoms with van der Waals surface area (Å²) in [5.41, 5.74) is 10.1. The van der Waals surface area contributed by atoms with Crippen LogP contribution in [0, 0.1) is 0 Å². The molecule has 0 saturated carbocycles. The first kappa shape index (κ1) is 9.36. The molecule has 2 aromatic heterocycles. The number of furan rings is 1. The lowest BCUT2D eigenvalue weighted by Gasteiger charge is -1.94. The number of rotatable bonds is 4. The highest BCUT2D eigenvalue weighted by Gasteiger charge is 2.01. The maximum Gasteiger partial charge on any atom is 0.0982 e. The molecule has 0 unspecified atom stereocenters. The summed E-state index contributed by atoms with van der Waals surface area (Å²) in [6.45, 7) is 0.991. The van der Waals surface area contributed by atoms with E-state index < -0.39 is 0 Å². The Morgan fingerprint density at radius 3 is 3.20 bits per heavy atom. The van der Waals surface area contributed by atoms with Gasteiger partial charge in [-0.2, -0.15) is 5.10 Å². The molecular formula is C9H9N5O. The SMILES string of the molecule is [N-]=[N+]=NCCn1cc(-c2ccoc2)cn1. The maximum absolute atomic E-state index is 8.12. The van der Waals surface area contributed by atoms with Crippen molar-refractivity contribution in [2.75, 3.05) is 6.54 Å². The zero-order valence-electron chi connectivity index (χ0n) is 7.95. The Bertz CT molecular complexity index is 466. The van der Waals surface area contributed by atoms with Crippen LogP contribution >= 0.6 is 0 Å². The van der Waals surface area contributed by atoms with Gasteiger partial charge < -0.3 is 4.42 Å². The number of hydrogen-bond donors (Lipinski definition) is 0. The summed E-state index contributed by atoms with van der Waals surface area (Å²) in [5, 5.41) is 7.58. The van der Waals surface area contributed by atoms with Crippen molar-refractivity contribution in [2.45, 2.75) is 6.54 Å². The molecule has 0 bridgehead atoms. The molecule has 0 aromatic carbocycles. The van der Waals surface area contributed by atoms with Crippen LogP contribution in [0.3, 0.4) is 0 Å². The quantitative estimate of drug-likeness (QED) is 0.434. The lowest BCUT2D eigenvalue weighted by atomic mass is 10.2. The minimum Gasteiger partial charge on any atom is -0.472 e. The fraction of sp³-hybridized carbons (Fsp3) is 0.222. The lowest BCUT2D eigenvalue weighted by molar-refractivity contribution is 0.568. The summed E-state index contributed by atoms with van der Waals surface area (Å²) in [6, 6.07) is 1.87. The highest BCUT2D eigenvalue weighted by molar-refractivity contribution is 5.59. The van der Waals surface area contributed by atoms with E-state index in [-0.39, 0.29) is 0 Å². The van der Waals surface area contributed by atoms with Gasteiger partial charge in [0.2, 0.25) is 0 Å². The van der Waals surface area contributed by atoms with Gasteiger partial charge in [0.25, 0.3) is 0 Å². The topological polar surface area (TPSA) is 79.7 Å². The predicted molar refractivity (Wildman–Crippen MR) is 53.9 cm³/mol. The van der Waals surface area contributed by atoms with Gasteiger partial charge in [0.05, 0.1) is 18.7 Å². The Hall–Kier alpha value is -2.20. The Balaban J connectivity index is 2.07. The van der Waals surface area contributed by atoms with Gasteiger partial charge in [-0.25, -0.2) is 0 Å². The Kier molecular flexibility index (Phi) is 2.71. The molecule has 6 heteroatoms. The summed E-state index contributed by atoms with van der Waals surface area (Å²) < 4.78 is 6.71. The van der Waals surface area contributed by atoms with E-state index in [9.17, 15) is 0 Å². The van der Waals surface area contributed by atoms with E-state index in [0.717, 1.165) is 11.1 Å². The van der Waals surface area contributed by atoms with Crippen LogP contribution in [0.2, 0.25) is 0 Å². The third kappa shape index (κ3) is 2.18. The fourth-order valence-corrected chi connectivity index (χ4v) is 1.26. The van der Waals surface area contributed by atoms with Gasteiger partial charge in [0, 0.05) is 35.3 Å². The largest absolute Gasteiger partial charge is 0.472 e. The molecule has 0 N–H and O–H groups in total. The standard InChI is InChI=1S/C9H9N5O/c10-13-11-2-3-14-6-9(5-12-14)8-1-4-15-7-8/h1,4-7H,2-3H2. The molecule has 2 rings (SSSR count). The predicted octanol–water partition coefficient (Wildman–Crippen LogP) is 2.45. The van der Waals surface area contributed by atoms with Crippen LogP contribution in [0.1, 0.15) is 0 Å². The smallest absolute Gasteiger partial charge is 0.0982 e. The van der Waals surface area contributed by atoms with E-state index in [0.29, 0.717) is 13.1 Å². The van der Waals surface area contributed by atoms with Crippen molar-refractivity contribution >= 4 is 0 Å². The van der Waals surface area contributed by atoms with Crippen LogP contribution < -0.4 is 0 Å². The second kappa shape index (κ2) is 4.34. The van der Waals surface area contributed by atoms with Crippen molar-refractivity contribution in [3.63, 3.8) is 0 Å². The van der Waals surface area contributed by atoms with Gasteiger partial charge in [0.1, 0.15) is 0 Å². The first-order valence-corrected chi connectivity index (χ1v) is 4.46. The molecule has 15 heavy (non-hydrogen) atoms. The summed E-state index contributed by atoms with van der Waals surface area (Å²) in [4.78, 5) is 2.68. The van der Waals surface area contributed by atoms with Crippen LogP contribution in [0.5, 0.6) is 0 Å². The van der Waals surface area contributed by atoms with Crippen LogP contribution in [0.25, 0.3) is 21.6 Å². The monoisotopic (exact) mass is 203 g/mol. The van der Waals surface area contributed by atoms with Crippen LogP contribution in [-0.2, 0) is 6.54 Å². The summed E-state index contributed by atoms with van der Waals surface area (Å²) in [7, 11) is 0. The second-order valence-corrected chi connectivity index (χ2v) is 2.96. The summed E-state index contributed by atoms with van der Waals surface area (Å²) >= 11 is 0. The molecule has 0 saturated heterocycles. The van der Waals surface area contributed by atoms with E-state index >= 15 is 0 Å². The number of azide groups is 1. The normalized spacial score (nSPS) is 9.87. The first-order valence-electron chi connectivity index (χ1n) is 4.46. The van der Waals surface area contributed by atoms with Gasteiger partial charge in [-0.15, -0.1) is 0 Å². The number of aromatic nitrogens is 2. The minimum absolute atomic E-state index is 0.406. The van der Waals surface area contributed by atoms with Gasteiger partial charge >= 0.3 is 0 Å². The fourth-order valence-electron chi connectivity index (χ4n) is 1.26. The zero-order chi connectivity index (χ0) is 10.5. The molecule has 0 amide bonds. The molecule has 0 aliphatic heterocycles. The van der Waals surface area contributed by atoms with E-state index in [2.05, 4.69) is 15.1 Å². The molecule has 0 spiro atoms. The summed E-state index contributed by atoms with van der Waals surface area (Å²) in [5.74, 6) is 0. The molecule has 0 fully saturated rings. The van der Waals surface area contributed by atoms with Gasteiger partial charge in [-0.05, 0) is 11.6 Å². The highest BCUT2D eigenvalue weighted by Crippen LogP contribution is 2.18. The molecule has 2 heterocycles. The maximum atomic E-state index is 8.12. The molecule has 0 radical (unpaired) electrons. The van der Waals surface area contributed by atoms with Gasteiger partial charge in [0.15, 0.2) is 0 Å². The molecule has 0 atom stereocenters. The number of hydrogen-bond acceptors (Lipinski definition) is 3.